The molecule has 0 aliphatic rings. The first-order valence-corrected chi connectivity index (χ1v) is 9.32. The van der Waals surface area contributed by atoms with Crippen LogP contribution in [-0.2, 0) is 18.1 Å². The van der Waals surface area contributed by atoms with Gasteiger partial charge in [0, 0.05) is 32.4 Å². The fourth-order valence-corrected chi connectivity index (χ4v) is 4.51. The normalized spacial score (nSPS) is 13.2. The summed E-state index contributed by atoms with van der Waals surface area (Å²) in [4.78, 5) is 11.2. The number of hydrogen-bond acceptors (Lipinski definition) is 5. The van der Waals surface area contributed by atoms with Crippen molar-refractivity contribution in [2.75, 3.05) is 26.4 Å². The minimum Gasteiger partial charge on any atom is -0.384 e. The molecule has 0 heterocycles. The average Bonchev–Trinajstić information content (AvgIpc) is 2.39. The van der Waals surface area contributed by atoms with Gasteiger partial charge >= 0.3 is 8.80 Å². The van der Waals surface area contributed by atoms with Gasteiger partial charge in [-0.25, -0.2) is 0 Å². The first kappa shape index (κ1) is 19.5. The molecule has 0 fully saturated rings. The summed E-state index contributed by atoms with van der Waals surface area (Å²) < 4.78 is 17.2. The standard InChI is InChI=1S/C13H29NO5Si/c1-5-17-20(18-6-2,19-7-3)11-9-8-10-14-13(16)12(4)15/h12,15H,5-11H2,1-4H3,(H,14,16). The van der Waals surface area contributed by atoms with E-state index < -0.39 is 14.9 Å². The lowest BCUT2D eigenvalue weighted by atomic mass is 10.3. The summed E-state index contributed by atoms with van der Waals surface area (Å²) in [6, 6.07) is 0.743. The van der Waals surface area contributed by atoms with Crippen LogP contribution in [0.4, 0.5) is 0 Å². The molecule has 120 valence electrons. The van der Waals surface area contributed by atoms with Gasteiger partial charge < -0.3 is 23.7 Å². The van der Waals surface area contributed by atoms with E-state index in [0.717, 1.165) is 18.9 Å². The molecule has 7 heteroatoms. The van der Waals surface area contributed by atoms with Gasteiger partial charge in [0.2, 0.25) is 5.91 Å². The van der Waals surface area contributed by atoms with E-state index >= 15 is 0 Å². The van der Waals surface area contributed by atoms with Crippen molar-refractivity contribution >= 4 is 14.7 Å². The Morgan fingerprint density at radius 2 is 1.60 bits per heavy atom. The average molecular weight is 307 g/mol. The van der Waals surface area contributed by atoms with Crippen LogP contribution in [0.5, 0.6) is 0 Å². The van der Waals surface area contributed by atoms with Gasteiger partial charge in [0.25, 0.3) is 0 Å². The molecule has 0 aromatic rings. The number of unbranched alkanes of at least 4 members (excludes halogenated alkanes) is 1. The second kappa shape index (κ2) is 11.2. The van der Waals surface area contributed by atoms with Crippen molar-refractivity contribution in [1.29, 1.82) is 0 Å². The molecule has 2 N–H and O–H groups in total. The maximum Gasteiger partial charge on any atom is 0.500 e. The zero-order chi connectivity index (χ0) is 15.4. The first-order valence-electron chi connectivity index (χ1n) is 7.39. The summed E-state index contributed by atoms with van der Waals surface area (Å²) in [5, 5.41) is 11.7. The van der Waals surface area contributed by atoms with Gasteiger partial charge in [-0.15, -0.1) is 0 Å². The van der Waals surface area contributed by atoms with Gasteiger partial charge in [0.05, 0.1) is 0 Å². The van der Waals surface area contributed by atoms with Crippen LogP contribution in [0.1, 0.15) is 40.5 Å². The summed E-state index contributed by atoms with van der Waals surface area (Å²) in [6.07, 6.45) is 0.700. The fourth-order valence-electron chi connectivity index (χ4n) is 1.83. The Balaban J connectivity index is 4.09. The van der Waals surface area contributed by atoms with E-state index in [4.69, 9.17) is 18.4 Å². The van der Waals surface area contributed by atoms with Gasteiger partial charge in [-0.2, -0.15) is 0 Å². The summed E-state index contributed by atoms with van der Waals surface area (Å²) >= 11 is 0. The molecule has 6 nitrogen and oxygen atoms in total. The number of rotatable bonds is 12. The van der Waals surface area contributed by atoms with Crippen LogP contribution < -0.4 is 5.32 Å². The van der Waals surface area contributed by atoms with Crippen LogP contribution in [0.15, 0.2) is 0 Å². The Labute approximate surface area is 123 Å². The van der Waals surface area contributed by atoms with Crippen LogP contribution in [0, 0.1) is 0 Å². The molecule has 0 radical (unpaired) electrons. The van der Waals surface area contributed by atoms with Gasteiger partial charge in [-0.3, -0.25) is 4.79 Å². The third-order valence-corrected chi connectivity index (χ3v) is 5.83. The Hall–Kier alpha value is -0.473. The molecule has 1 amide bonds. The highest BCUT2D eigenvalue weighted by atomic mass is 28.4. The third kappa shape index (κ3) is 7.96. The van der Waals surface area contributed by atoms with Crippen LogP contribution in [-0.4, -0.2) is 52.3 Å². The van der Waals surface area contributed by atoms with Crippen molar-refractivity contribution in [2.24, 2.45) is 0 Å². The SMILES string of the molecule is CCO[Si](CCCCNC(=O)C(C)O)(OCC)OCC. The smallest absolute Gasteiger partial charge is 0.384 e. The molecular formula is C13H29NO5Si. The molecule has 0 rings (SSSR count). The highest BCUT2D eigenvalue weighted by Gasteiger charge is 2.39. The molecular weight excluding hydrogens is 278 g/mol. The number of carbonyl (C=O) groups excluding carboxylic acids is 1. The number of carbonyl (C=O) groups is 1. The van der Waals surface area contributed by atoms with Crippen LogP contribution >= 0.6 is 0 Å². The lowest BCUT2D eigenvalue weighted by molar-refractivity contribution is -0.128. The monoisotopic (exact) mass is 307 g/mol. The molecule has 0 saturated heterocycles. The predicted molar refractivity (Wildman–Crippen MR) is 79.4 cm³/mol. The molecule has 0 bridgehead atoms. The van der Waals surface area contributed by atoms with Crippen molar-refractivity contribution in [2.45, 2.75) is 52.7 Å². The van der Waals surface area contributed by atoms with E-state index in [9.17, 15) is 4.79 Å². The lowest BCUT2D eigenvalue weighted by Gasteiger charge is -2.28. The van der Waals surface area contributed by atoms with E-state index in [0.29, 0.717) is 26.4 Å². The zero-order valence-corrected chi connectivity index (χ0v) is 14.1. The first-order chi connectivity index (χ1) is 9.51. The van der Waals surface area contributed by atoms with Crippen molar-refractivity contribution in [3.8, 4) is 0 Å². The fraction of sp³-hybridized carbons (Fsp3) is 0.923. The summed E-state index contributed by atoms with van der Waals surface area (Å²) in [5.74, 6) is -0.340. The Bertz CT molecular complexity index is 246. The number of hydrogen-bond donors (Lipinski definition) is 2. The van der Waals surface area contributed by atoms with Gasteiger partial charge in [-0.1, -0.05) is 0 Å². The van der Waals surface area contributed by atoms with Crippen molar-refractivity contribution < 1.29 is 23.2 Å². The van der Waals surface area contributed by atoms with Gasteiger partial charge in [-0.05, 0) is 40.5 Å². The van der Waals surface area contributed by atoms with Crippen molar-refractivity contribution in [3.05, 3.63) is 0 Å². The highest BCUT2D eigenvalue weighted by Crippen LogP contribution is 2.19. The quantitative estimate of drug-likeness (QED) is 0.420. The maximum atomic E-state index is 11.2. The second-order valence-electron chi connectivity index (χ2n) is 4.41. The predicted octanol–water partition coefficient (Wildman–Crippen LogP) is 1.31. The summed E-state index contributed by atoms with van der Waals surface area (Å²) in [7, 11) is -2.56. The van der Waals surface area contributed by atoms with E-state index in [2.05, 4.69) is 5.32 Å². The summed E-state index contributed by atoms with van der Waals surface area (Å²) in [6.45, 7) is 9.51. The molecule has 0 saturated carbocycles. The molecule has 0 aromatic heterocycles. The molecule has 0 aromatic carbocycles. The summed E-state index contributed by atoms with van der Waals surface area (Å²) in [5.41, 5.74) is 0. The topological polar surface area (TPSA) is 77.0 Å². The van der Waals surface area contributed by atoms with Crippen molar-refractivity contribution in [1.82, 2.24) is 5.32 Å². The molecule has 0 aliphatic carbocycles. The zero-order valence-electron chi connectivity index (χ0n) is 13.1. The molecule has 20 heavy (non-hydrogen) atoms. The van der Waals surface area contributed by atoms with E-state index in [1.54, 1.807) is 0 Å². The third-order valence-electron chi connectivity index (χ3n) is 2.68. The van der Waals surface area contributed by atoms with E-state index in [-0.39, 0.29) is 5.91 Å². The Kier molecular flexibility index (Phi) is 10.9. The lowest BCUT2D eigenvalue weighted by Crippen LogP contribution is -2.46. The minimum absolute atomic E-state index is 0.340. The molecule has 1 atom stereocenters. The number of nitrogens with one attached hydrogen (secondary N) is 1. The van der Waals surface area contributed by atoms with E-state index in [1.165, 1.54) is 6.92 Å². The van der Waals surface area contributed by atoms with Gasteiger partial charge in [0.1, 0.15) is 6.10 Å². The molecule has 0 spiro atoms. The van der Waals surface area contributed by atoms with Crippen LogP contribution in [0.25, 0.3) is 0 Å². The van der Waals surface area contributed by atoms with Crippen molar-refractivity contribution in [3.63, 3.8) is 0 Å². The molecule has 0 aliphatic heterocycles. The number of aliphatic hydroxyl groups excluding tert-OH is 1. The number of aliphatic hydroxyl groups is 1. The second-order valence-corrected chi connectivity index (χ2v) is 7.14. The largest absolute Gasteiger partial charge is 0.500 e. The van der Waals surface area contributed by atoms with Gasteiger partial charge in [0.15, 0.2) is 0 Å². The Morgan fingerprint density at radius 1 is 1.10 bits per heavy atom. The Morgan fingerprint density at radius 3 is 2.00 bits per heavy atom. The van der Waals surface area contributed by atoms with Crippen LogP contribution in [0.2, 0.25) is 6.04 Å². The van der Waals surface area contributed by atoms with Crippen LogP contribution in [0.3, 0.4) is 0 Å². The highest BCUT2D eigenvalue weighted by molar-refractivity contribution is 6.60. The maximum absolute atomic E-state index is 11.2. The minimum atomic E-state index is -2.56. The van der Waals surface area contributed by atoms with E-state index in [1.807, 2.05) is 20.8 Å². The molecule has 1 unspecified atom stereocenters. The number of amides is 1.